The Morgan fingerprint density at radius 3 is 2.45 bits per heavy atom. The van der Waals surface area contributed by atoms with E-state index in [4.69, 9.17) is 4.74 Å². The Morgan fingerprint density at radius 1 is 1.10 bits per heavy atom. The number of carbonyl (C=O) groups excluding carboxylic acids is 2. The Hall–Kier alpha value is -3.26. The predicted molar refractivity (Wildman–Crippen MR) is 107 cm³/mol. The third kappa shape index (κ3) is 5.39. The molecule has 2 aromatic carbocycles. The highest BCUT2D eigenvalue weighted by molar-refractivity contribution is 7.94. The van der Waals surface area contributed by atoms with Crippen LogP contribution in [0.15, 0.2) is 72.2 Å². The summed E-state index contributed by atoms with van der Waals surface area (Å²) in [4.78, 5) is 25.9. The van der Waals surface area contributed by atoms with E-state index in [-0.39, 0.29) is 11.3 Å². The molecule has 150 valence electrons. The monoisotopic (exact) mass is 415 g/mol. The lowest BCUT2D eigenvalue weighted by molar-refractivity contribution is -0.143. The number of carbonyl (C=O) groups is 2. The van der Waals surface area contributed by atoms with Gasteiger partial charge in [0, 0.05) is 22.7 Å². The number of benzene rings is 2. The number of hydrogen-bond acceptors (Lipinski definition) is 5. The van der Waals surface area contributed by atoms with Crippen molar-refractivity contribution in [3.8, 4) is 0 Å². The summed E-state index contributed by atoms with van der Waals surface area (Å²) in [5.41, 5.74) is 0.699. The van der Waals surface area contributed by atoms with Gasteiger partial charge in [0.25, 0.3) is 5.91 Å². The smallest absolute Gasteiger partial charge is 0.331 e. The highest BCUT2D eigenvalue weighted by atomic mass is 32.2. The van der Waals surface area contributed by atoms with Crippen molar-refractivity contribution in [1.82, 2.24) is 0 Å². The minimum Gasteiger partial charge on any atom is -0.452 e. The minimum atomic E-state index is -3.39. The van der Waals surface area contributed by atoms with E-state index in [9.17, 15) is 22.4 Å². The fourth-order valence-corrected chi connectivity index (χ4v) is 4.12. The van der Waals surface area contributed by atoms with E-state index < -0.39 is 40.2 Å². The number of amides is 1. The van der Waals surface area contributed by atoms with E-state index in [0.29, 0.717) is 5.69 Å². The highest BCUT2D eigenvalue weighted by Gasteiger charge is 2.31. The van der Waals surface area contributed by atoms with E-state index in [1.165, 1.54) is 35.3 Å². The van der Waals surface area contributed by atoms with Crippen molar-refractivity contribution in [2.75, 3.05) is 17.3 Å². The van der Waals surface area contributed by atoms with Gasteiger partial charge in [-0.15, -0.1) is 0 Å². The molecule has 8 heteroatoms. The van der Waals surface area contributed by atoms with Gasteiger partial charge < -0.3 is 9.64 Å². The first kappa shape index (κ1) is 20.5. The van der Waals surface area contributed by atoms with Gasteiger partial charge in [-0.05, 0) is 30.4 Å². The van der Waals surface area contributed by atoms with Crippen LogP contribution in [-0.2, 0) is 24.2 Å². The topological polar surface area (TPSA) is 80.8 Å². The molecule has 0 N–H and O–H groups in total. The van der Waals surface area contributed by atoms with Crippen molar-refractivity contribution in [3.05, 3.63) is 83.5 Å². The lowest BCUT2D eigenvalue weighted by atomic mass is 10.2. The Morgan fingerprint density at radius 2 is 1.79 bits per heavy atom. The van der Waals surface area contributed by atoms with Gasteiger partial charge in [0.2, 0.25) is 0 Å². The number of para-hydroxylation sites is 1. The van der Waals surface area contributed by atoms with Crippen molar-refractivity contribution in [3.63, 3.8) is 0 Å². The fourth-order valence-electron chi connectivity index (χ4n) is 2.85. The average Bonchev–Trinajstić information content (AvgIpc) is 3.06. The normalized spacial score (nSPS) is 17.3. The van der Waals surface area contributed by atoms with Crippen LogP contribution < -0.4 is 4.90 Å². The van der Waals surface area contributed by atoms with Crippen LogP contribution >= 0.6 is 0 Å². The summed E-state index contributed by atoms with van der Waals surface area (Å²) < 4.78 is 42.1. The molecule has 29 heavy (non-hydrogen) atoms. The number of nitrogens with zero attached hydrogens (tertiary/aromatic N) is 1. The summed E-state index contributed by atoms with van der Waals surface area (Å²) in [5, 5.41) is 1.07. The number of anilines is 1. The van der Waals surface area contributed by atoms with E-state index in [2.05, 4.69) is 0 Å². The van der Waals surface area contributed by atoms with E-state index in [1.54, 1.807) is 36.4 Å². The van der Waals surface area contributed by atoms with Crippen molar-refractivity contribution >= 4 is 33.5 Å². The first-order valence-electron chi connectivity index (χ1n) is 8.73. The number of sulfone groups is 1. The minimum absolute atomic E-state index is 0.211. The molecule has 6 nitrogen and oxygen atoms in total. The Bertz CT molecular complexity index is 1060. The standard InChI is InChI=1S/C21H18FNO5S/c22-19-9-5-4-6-16(19)10-11-21(25)28-14-20(24)23(17-7-2-1-3-8-17)18-12-13-29(26,27)15-18/h1-13,18H,14-15H2/b11-10+/t18-/m0/s1. The number of ether oxygens (including phenoxy) is 1. The lowest BCUT2D eigenvalue weighted by Gasteiger charge is -2.27. The highest BCUT2D eigenvalue weighted by Crippen LogP contribution is 2.22. The van der Waals surface area contributed by atoms with Crippen LogP contribution in [0.3, 0.4) is 0 Å². The van der Waals surface area contributed by atoms with Crippen molar-refractivity contribution < 1.29 is 27.1 Å². The molecule has 1 aliphatic heterocycles. The van der Waals surface area contributed by atoms with Crippen LogP contribution in [0, 0.1) is 5.82 Å². The lowest BCUT2D eigenvalue weighted by Crippen LogP contribution is -2.43. The molecule has 2 aromatic rings. The SMILES string of the molecule is O=C(/C=C/c1ccccc1F)OCC(=O)N(c1ccccc1)[C@H]1C=CS(=O)(=O)C1. The number of esters is 1. The molecule has 0 aliphatic carbocycles. The molecule has 0 unspecified atom stereocenters. The van der Waals surface area contributed by atoms with Crippen molar-refractivity contribution in [2.24, 2.45) is 0 Å². The molecule has 1 atom stereocenters. The second-order valence-electron chi connectivity index (χ2n) is 6.29. The summed E-state index contributed by atoms with van der Waals surface area (Å²) in [7, 11) is -3.39. The Labute approximate surface area is 167 Å². The summed E-state index contributed by atoms with van der Waals surface area (Å²) in [6.45, 7) is -0.584. The molecule has 0 saturated heterocycles. The average molecular weight is 415 g/mol. The summed E-state index contributed by atoms with van der Waals surface area (Å²) in [5.74, 6) is -2.12. The number of hydrogen-bond donors (Lipinski definition) is 0. The first-order chi connectivity index (χ1) is 13.9. The summed E-state index contributed by atoms with van der Waals surface area (Å²) >= 11 is 0. The predicted octanol–water partition coefficient (Wildman–Crippen LogP) is 2.73. The number of halogens is 1. The Balaban J connectivity index is 1.68. The molecule has 1 aliphatic rings. The summed E-state index contributed by atoms with van der Waals surface area (Å²) in [6.07, 6.45) is 3.71. The van der Waals surface area contributed by atoms with Crippen LogP contribution in [0.2, 0.25) is 0 Å². The molecule has 0 saturated carbocycles. The van der Waals surface area contributed by atoms with Gasteiger partial charge in [-0.3, -0.25) is 4.79 Å². The van der Waals surface area contributed by atoms with Gasteiger partial charge in [-0.1, -0.05) is 36.4 Å². The third-order valence-electron chi connectivity index (χ3n) is 4.19. The second kappa shape index (κ2) is 8.83. The van der Waals surface area contributed by atoms with Crippen LogP contribution in [0.4, 0.5) is 10.1 Å². The van der Waals surface area contributed by atoms with Crippen molar-refractivity contribution in [1.29, 1.82) is 0 Å². The van der Waals surface area contributed by atoms with Crippen LogP contribution in [0.25, 0.3) is 6.08 Å². The first-order valence-corrected chi connectivity index (χ1v) is 10.4. The zero-order valence-corrected chi connectivity index (χ0v) is 16.1. The van der Waals surface area contributed by atoms with Crippen LogP contribution in [0.1, 0.15) is 5.56 Å². The molecular formula is C21H18FNO5S. The molecule has 3 rings (SSSR count). The van der Waals surface area contributed by atoms with E-state index in [0.717, 1.165) is 11.5 Å². The summed E-state index contributed by atoms with van der Waals surface area (Å²) in [6, 6.07) is 13.7. The van der Waals surface area contributed by atoms with Gasteiger partial charge in [-0.2, -0.15) is 0 Å². The van der Waals surface area contributed by atoms with E-state index >= 15 is 0 Å². The van der Waals surface area contributed by atoms with Crippen LogP contribution in [-0.4, -0.2) is 38.7 Å². The van der Waals surface area contributed by atoms with Crippen LogP contribution in [0.5, 0.6) is 0 Å². The van der Waals surface area contributed by atoms with Gasteiger partial charge in [-0.25, -0.2) is 17.6 Å². The molecule has 0 aromatic heterocycles. The fraction of sp³-hybridized carbons (Fsp3) is 0.143. The Kier molecular flexibility index (Phi) is 6.23. The maximum Gasteiger partial charge on any atom is 0.331 e. The molecule has 0 radical (unpaired) electrons. The maximum atomic E-state index is 13.6. The molecule has 1 heterocycles. The second-order valence-corrected chi connectivity index (χ2v) is 8.22. The zero-order valence-electron chi connectivity index (χ0n) is 15.3. The zero-order chi connectivity index (χ0) is 20.9. The molecule has 0 spiro atoms. The molecule has 0 fully saturated rings. The van der Waals surface area contributed by atoms with Gasteiger partial charge in [0.05, 0.1) is 11.8 Å². The van der Waals surface area contributed by atoms with Crippen molar-refractivity contribution in [2.45, 2.75) is 6.04 Å². The largest absolute Gasteiger partial charge is 0.452 e. The van der Waals surface area contributed by atoms with Gasteiger partial charge in [0.15, 0.2) is 16.4 Å². The van der Waals surface area contributed by atoms with Gasteiger partial charge >= 0.3 is 5.97 Å². The number of rotatable bonds is 6. The van der Waals surface area contributed by atoms with Gasteiger partial charge in [0.1, 0.15) is 5.82 Å². The maximum absolute atomic E-state index is 13.6. The molecular weight excluding hydrogens is 397 g/mol. The molecule has 0 bridgehead atoms. The van der Waals surface area contributed by atoms with E-state index in [1.807, 2.05) is 0 Å². The third-order valence-corrected chi connectivity index (χ3v) is 5.57. The quantitative estimate of drug-likeness (QED) is 0.535. The molecule has 1 amide bonds.